The molecule has 0 spiro atoms. The summed E-state index contributed by atoms with van der Waals surface area (Å²) < 4.78 is 0. The molecule has 0 aromatic rings. The van der Waals surface area contributed by atoms with Crippen LogP contribution in [0.5, 0.6) is 0 Å². The van der Waals surface area contributed by atoms with E-state index >= 15 is 0 Å². The van der Waals surface area contributed by atoms with Crippen LogP contribution in [0.25, 0.3) is 0 Å². The molecule has 3 aliphatic rings. The Kier molecular flexibility index (Phi) is 6.44. The van der Waals surface area contributed by atoms with Gasteiger partial charge in [0.15, 0.2) is 0 Å². The number of carbonyl (C=O) groups is 2. The number of amides is 2. The fourth-order valence-electron chi connectivity index (χ4n) is 3.53. The quantitative estimate of drug-likeness (QED) is 0.761. The summed E-state index contributed by atoms with van der Waals surface area (Å²) in [5, 5.41) is 3.66. The number of rotatable bonds is 7. The number of nitrogens with one attached hydrogen (secondary N) is 1. The summed E-state index contributed by atoms with van der Waals surface area (Å²) in [6.07, 6.45) is 7.36. The number of hydrogen-bond acceptors (Lipinski definition) is 4. The van der Waals surface area contributed by atoms with Gasteiger partial charge in [-0.25, -0.2) is 0 Å². The Hall–Kier alpha value is -0.750. The highest BCUT2D eigenvalue weighted by Crippen LogP contribution is 2.28. The van der Waals surface area contributed by atoms with Gasteiger partial charge >= 0.3 is 0 Å². The molecule has 0 aromatic heterocycles. The van der Waals surface area contributed by atoms with Crippen molar-refractivity contribution in [1.82, 2.24) is 15.1 Å². The van der Waals surface area contributed by atoms with Crippen LogP contribution in [0.1, 0.15) is 51.9 Å². The molecule has 3 fully saturated rings. The predicted octanol–water partition coefficient (Wildman–Crippen LogP) is 2.07. The molecule has 2 amide bonds. The van der Waals surface area contributed by atoms with Crippen LogP contribution in [0.2, 0.25) is 0 Å². The highest BCUT2D eigenvalue weighted by atomic mass is 32.2. The largest absolute Gasteiger partial charge is 0.341 e. The van der Waals surface area contributed by atoms with Gasteiger partial charge in [0, 0.05) is 31.3 Å². The minimum atomic E-state index is -0.227. The third-order valence-corrected chi connectivity index (χ3v) is 6.44. The molecule has 1 saturated carbocycles. The predicted molar refractivity (Wildman–Crippen MR) is 97.8 cm³/mol. The van der Waals surface area contributed by atoms with Crippen molar-refractivity contribution < 1.29 is 9.59 Å². The van der Waals surface area contributed by atoms with Gasteiger partial charge in [0.25, 0.3) is 0 Å². The molecule has 2 aliphatic heterocycles. The van der Waals surface area contributed by atoms with Crippen molar-refractivity contribution in [2.24, 2.45) is 5.92 Å². The number of piperidine rings is 1. The van der Waals surface area contributed by atoms with Crippen molar-refractivity contribution in [3.05, 3.63) is 0 Å². The first-order valence-electron chi connectivity index (χ1n) is 9.58. The van der Waals surface area contributed by atoms with Crippen LogP contribution in [0.3, 0.4) is 0 Å². The van der Waals surface area contributed by atoms with Crippen LogP contribution in [-0.4, -0.2) is 65.0 Å². The van der Waals surface area contributed by atoms with Gasteiger partial charge < -0.3 is 15.1 Å². The summed E-state index contributed by atoms with van der Waals surface area (Å²) >= 11 is 1.71. The number of carbonyl (C=O) groups excluding carboxylic acids is 2. The fourth-order valence-corrected chi connectivity index (χ4v) is 4.71. The summed E-state index contributed by atoms with van der Waals surface area (Å²) in [6.45, 7) is 4.91. The standard InChI is InChI=1S/C18H31N3O2S/c1-2-3-4-17(22)21-13-24-12-16(21)18(23)20-9-7-15(8-10-20)19-11-14-5-6-14/h14-16,19H,2-13H2,1H3. The van der Waals surface area contributed by atoms with Crippen LogP contribution in [0.4, 0.5) is 0 Å². The average molecular weight is 354 g/mol. The average Bonchev–Trinajstić information content (AvgIpc) is 3.31. The van der Waals surface area contributed by atoms with Crippen LogP contribution in [0.15, 0.2) is 0 Å². The van der Waals surface area contributed by atoms with E-state index in [1.165, 1.54) is 12.8 Å². The fraction of sp³-hybridized carbons (Fsp3) is 0.889. The number of hydrogen-bond donors (Lipinski definition) is 1. The van der Waals surface area contributed by atoms with E-state index in [4.69, 9.17) is 0 Å². The number of likely N-dealkylation sites (tertiary alicyclic amines) is 1. The minimum Gasteiger partial charge on any atom is -0.341 e. The molecule has 24 heavy (non-hydrogen) atoms. The maximum Gasteiger partial charge on any atom is 0.246 e. The van der Waals surface area contributed by atoms with E-state index in [0.29, 0.717) is 18.3 Å². The lowest BCUT2D eigenvalue weighted by molar-refractivity contribution is -0.144. The smallest absolute Gasteiger partial charge is 0.246 e. The van der Waals surface area contributed by atoms with Gasteiger partial charge in [0.1, 0.15) is 6.04 Å². The Balaban J connectivity index is 1.45. The van der Waals surface area contributed by atoms with Gasteiger partial charge in [-0.3, -0.25) is 9.59 Å². The highest BCUT2D eigenvalue weighted by Gasteiger charge is 2.37. The number of unbranched alkanes of at least 4 members (excludes halogenated alkanes) is 1. The molecular formula is C18H31N3O2S. The zero-order valence-corrected chi connectivity index (χ0v) is 15.7. The van der Waals surface area contributed by atoms with E-state index in [-0.39, 0.29) is 17.9 Å². The Labute approximate surface area is 149 Å². The lowest BCUT2D eigenvalue weighted by Gasteiger charge is -2.35. The van der Waals surface area contributed by atoms with Crippen LogP contribution in [-0.2, 0) is 9.59 Å². The third-order valence-electron chi connectivity index (χ3n) is 5.43. The van der Waals surface area contributed by atoms with E-state index in [0.717, 1.165) is 57.0 Å². The molecule has 6 heteroatoms. The molecule has 1 atom stereocenters. The molecule has 0 bridgehead atoms. The molecule has 1 aliphatic carbocycles. The Bertz CT molecular complexity index is 448. The van der Waals surface area contributed by atoms with Crippen LogP contribution >= 0.6 is 11.8 Å². The first-order valence-corrected chi connectivity index (χ1v) is 10.7. The normalized spacial score (nSPS) is 25.3. The maximum atomic E-state index is 12.9. The zero-order chi connectivity index (χ0) is 16.9. The molecule has 3 rings (SSSR count). The summed E-state index contributed by atoms with van der Waals surface area (Å²) in [6, 6.07) is 0.338. The lowest BCUT2D eigenvalue weighted by Crippen LogP contribution is -2.52. The first-order chi connectivity index (χ1) is 11.7. The van der Waals surface area contributed by atoms with Crippen molar-refractivity contribution in [2.75, 3.05) is 31.3 Å². The van der Waals surface area contributed by atoms with E-state index in [1.807, 2.05) is 9.80 Å². The van der Waals surface area contributed by atoms with Gasteiger partial charge in [-0.15, -0.1) is 11.8 Å². The molecule has 2 saturated heterocycles. The lowest BCUT2D eigenvalue weighted by atomic mass is 10.0. The van der Waals surface area contributed by atoms with Gasteiger partial charge in [0.2, 0.25) is 11.8 Å². The molecule has 1 N–H and O–H groups in total. The second-order valence-corrected chi connectivity index (χ2v) is 8.43. The van der Waals surface area contributed by atoms with Gasteiger partial charge in [-0.1, -0.05) is 13.3 Å². The van der Waals surface area contributed by atoms with E-state index in [2.05, 4.69) is 12.2 Å². The van der Waals surface area contributed by atoms with Crippen LogP contribution < -0.4 is 5.32 Å². The molecule has 1 unspecified atom stereocenters. The topological polar surface area (TPSA) is 52.7 Å². The van der Waals surface area contributed by atoms with Crippen LogP contribution in [0, 0.1) is 5.92 Å². The Morgan fingerprint density at radius 1 is 1.17 bits per heavy atom. The summed E-state index contributed by atoms with van der Waals surface area (Å²) in [5.41, 5.74) is 0. The highest BCUT2D eigenvalue weighted by molar-refractivity contribution is 7.99. The first kappa shape index (κ1) is 18.1. The molecule has 0 aromatic carbocycles. The Morgan fingerprint density at radius 3 is 2.58 bits per heavy atom. The third kappa shape index (κ3) is 4.66. The second kappa shape index (κ2) is 8.56. The van der Waals surface area contributed by atoms with Crippen molar-refractivity contribution in [3.8, 4) is 0 Å². The molecular weight excluding hydrogens is 322 g/mol. The Morgan fingerprint density at radius 2 is 1.92 bits per heavy atom. The molecule has 2 heterocycles. The number of nitrogens with zero attached hydrogens (tertiary/aromatic N) is 2. The maximum absolute atomic E-state index is 12.9. The second-order valence-electron chi connectivity index (χ2n) is 7.43. The van der Waals surface area contributed by atoms with Gasteiger partial charge in [-0.2, -0.15) is 0 Å². The van der Waals surface area contributed by atoms with Crippen molar-refractivity contribution in [1.29, 1.82) is 0 Å². The van der Waals surface area contributed by atoms with Gasteiger partial charge in [0.05, 0.1) is 5.88 Å². The summed E-state index contributed by atoms with van der Waals surface area (Å²) in [7, 11) is 0. The SMILES string of the molecule is CCCCC(=O)N1CSCC1C(=O)N1CCC(NCC2CC2)CC1. The molecule has 136 valence electrons. The summed E-state index contributed by atoms with van der Waals surface area (Å²) in [5.74, 6) is 2.67. The zero-order valence-electron chi connectivity index (χ0n) is 14.8. The van der Waals surface area contributed by atoms with Crippen molar-refractivity contribution in [3.63, 3.8) is 0 Å². The van der Waals surface area contributed by atoms with E-state index in [1.54, 1.807) is 11.8 Å². The summed E-state index contributed by atoms with van der Waals surface area (Å²) in [4.78, 5) is 29.0. The van der Waals surface area contributed by atoms with Crippen molar-refractivity contribution >= 4 is 23.6 Å². The molecule has 5 nitrogen and oxygen atoms in total. The molecule has 0 radical (unpaired) electrons. The monoisotopic (exact) mass is 353 g/mol. The van der Waals surface area contributed by atoms with Crippen molar-refractivity contribution in [2.45, 2.75) is 64.0 Å². The van der Waals surface area contributed by atoms with E-state index in [9.17, 15) is 9.59 Å². The van der Waals surface area contributed by atoms with Gasteiger partial charge in [-0.05, 0) is 44.6 Å². The minimum absolute atomic E-state index is 0.154. The number of thioether (sulfide) groups is 1. The van der Waals surface area contributed by atoms with E-state index < -0.39 is 0 Å².